The van der Waals surface area contributed by atoms with E-state index in [1.807, 2.05) is 24.7 Å². The maximum atomic E-state index is 12.0. The fourth-order valence-corrected chi connectivity index (χ4v) is 1.67. The average Bonchev–Trinajstić information content (AvgIpc) is 2.74. The molecule has 0 spiro atoms. The van der Waals surface area contributed by atoms with Crippen LogP contribution in [-0.4, -0.2) is 25.1 Å². The van der Waals surface area contributed by atoms with Gasteiger partial charge in [-0.25, -0.2) is 4.98 Å². The SMILES string of the molecule is Cc1cc(C(=O)Cc2nccn2C)n(C)n1. The predicted octanol–water partition coefficient (Wildman–Crippen LogP) is 0.887. The normalized spacial score (nSPS) is 10.7. The van der Waals surface area contributed by atoms with Crippen LogP contribution in [0.1, 0.15) is 22.0 Å². The lowest BCUT2D eigenvalue weighted by Gasteiger charge is -2.01. The van der Waals surface area contributed by atoms with Crippen LogP contribution in [0, 0.1) is 6.92 Å². The molecule has 5 heteroatoms. The van der Waals surface area contributed by atoms with Crippen LogP contribution in [-0.2, 0) is 20.5 Å². The molecule has 0 saturated carbocycles. The first-order chi connectivity index (χ1) is 7.58. The Morgan fingerprint density at radius 2 is 2.19 bits per heavy atom. The standard InChI is InChI=1S/C11H14N4O/c1-8-6-9(15(3)13-8)10(16)7-11-12-4-5-14(11)2/h4-6H,7H2,1-3H3. The van der Waals surface area contributed by atoms with Crippen molar-refractivity contribution in [3.05, 3.63) is 35.7 Å². The maximum Gasteiger partial charge on any atom is 0.188 e. The van der Waals surface area contributed by atoms with Gasteiger partial charge >= 0.3 is 0 Å². The molecular formula is C11H14N4O. The third kappa shape index (κ3) is 1.88. The zero-order valence-corrected chi connectivity index (χ0v) is 9.64. The molecule has 0 aliphatic heterocycles. The van der Waals surface area contributed by atoms with Gasteiger partial charge < -0.3 is 4.57 Å². The van der Waals surface area contributed by atoms with Crippen molar-refractivity contribution in [1.82, 2.24) is 19.3 Å². The molecule has 0 aliphatic carbocycles. The first-order valence-corrected chi connectivity index (χ1v) is 5.08. The molecule has 0 radical (unpaired) electrons. The van der Waals surface area contributed by atoms with E-state index in [4.69, 9.17) is 0 Å². The first kappa shape index (κ1) is 10.6. The Hall–Kier alpha value is -1.91. The summed E-state index contributed by atoms with van der Waals surface area (Å²) in [5.74, 6) is 0.807. The number of rotatable bonds is 3. The van der Waals surface area contributed by atoms with Crippen LogP contribution in [0.15, 0.2) is 18.5 Å². The molecule has 0 bridgehead atoms. The fraction of sp³-hybridized carbons (Fsp3) is 0.364. The monoisotopic (exact) mass is 218 g/mol. The zero-order chi connectivity index (χ0) is 11.7. The smallest absolute Gasteiger partial charge is 0.188 e. The summed E-state index contributed by atoms with van der Waals surface area (Å²) in [6.45, 7) is 1.87. The van der Waals surface area contributed by atoms with Crippen molar-refractivity contribution >= 4 is 5.78 Å². The molecule has 2 rings (SSSR count). The lowest BCUT2D eigenvalue weighted by molar-refractivity contribution is 0.0981. The quantitative estimate of drug-likeness (QED) is 0.719. The second-order valence-corrected chi connectivity index (χ2v) is 3.85. The Morgan fingerprint density at radius 3 is 2.69 bits per heavy atom. The van der Waals surface area contributed by atoms with Gasteiger partial charge in [0.15, 0.2) is 5.78 Å². The van der Waals surface area contributed by atoms with Gasteiger partial charge in [-0.05, 0) is 13.0 Å². The molecule has 5 nitrogen and oxygen atoms in total. The summed E-state index contributed by atoms with van der Waals surface area (Å²) in [5, 5.41) is 4.15. The molecule has 0 atom stereocenters. The van der Waals surface area contributed by atoms with E-state index in [1.54, 1.807) is 24.0 Å². The minimum Gasteiger partial charge on any atom is -0.338 e. The van der Waals surface area contributed by atoms with E-state index < -0.39 is 0 Å². The van der Waals surface area contributed by atoms with Crippen LogP contribution < -0.4 is 0 Å². The van der Waals surface area contributed by atoms with Crippen molar-refractivity contribution in [2.75, 3.05) is 0 Å². The molecule has 0 saturated heterocycles. The molecule has 0 aliphatic rings. The minimum atomic E-state index is 0.0393. The zero-order valence-electron chi connectivity index (χ0n) is 9.64. The van der Waals surface area contributed by atoms with Crippen LogP contribution in [0.5, 0.6) is 0 Å². The summed E-state index contributed by atoms with van der Waals surface area (Å²) in [5.41, 5.74) is 1.48. The molecule has 84 valence electrons. The van der Waals surface area contributed by atoms with Crippen molar-refractivity contribution in [1.29, 1.82) is 0 Å². The van der Waals surface area contributed by atoms with Gasteiger partial charge in [0.1, 0.15) is 11.5 Å². The van der Waals surface area contributed by atoms with Crippen LogP contribution in [0.3, 0.4) is 0 Å². The average molecular weight is 218 g/mol. The third-order valence-electron chi connectivity index (χ3n) is 2.53. The van der Waals surface area contributed by atoms with E-state index in [0.717, 1.165) is 11.5 Å². The minimum absolute atomic E-state index is 0.0393. The Labute approximate surface area is 93.7 Å². The lowest BCUT2D eigenvalue weighted by atomic mass is 10.2. The highest BCUT2D eigenvalue weighted by Crippen LogP contribution is 2.07. The number of imidazole rings is 1. The van der Waals surface area contributed by atoms with Crippen LogP contribution in [0.4, 0.5) is 0 Å². The molecule has 2 heterocycles. The number of nitrogens with zero attached hydrogens (tertiary/aromatic N) is 4. The molecule has 0 fully saturated rings. The number of carbonyl (C=O) groups excluding carboxylic acids is 1. The topological polar surface area (TPSA) is 52.7 Å². The van der Waals surface area contributed by atoms with Crippen molar-refractivity contribution in [2.45, 2.75) is 13.3 Å². The summed E-state index contributed by atoms with van der Waals surface area (Å²) >= 11 is 0. The van der Waals surface area contributed by atoms with E-state index in [0.29, 0.717) is 12.1 Å². The van der Waals surface area contributed by atoms with Gasteiger partial charge in [0.05, 0.1) is 12.1 Å². The second kappa shape index (κ2) is 3.92. The number of ketones is 1. The van der Waals surface area contributed by atoms with Crippen molar-refractivity contribution in [3.63, 3.8) is 0 Å². The number of hydrogen-bond donors (Lipinski definition) is 0. The van der Waals surface area contributed by atoms with Crippen molar-refractivity contribution in [2.24, 2.45) is 14.1 Å². The number of Topliss-reactive ketones (excluding diaryl/α,β-unsaturated/α-hetero) is 1. The fourth-order valence-electron chi connectivity index (χ4n) is 1.67. The van der Waals surface area contributed by atoms with Gasteiger partial charge in [-0.15, -0.1) is 0 Å². The predicted molar refractivity (Wildman–Crippen MR) is 59.2 cm³/mol. The van der Waals surface area contributed by atoms with E-state index in [-0.39, 0.29) is 5.78 Å². The molecule has 0 unspecified atom stereocenters. The van der Waals surface area contributed by atoms with Gasteiger partial charge in [0.25, 0.3) is 0 Å². The Kier molecular flexibility index (Phi) is 2.60. The Balaban J connectivity index is 2.21. The summed E-state index contributed by atoms with van der Waals surface area (Å²) in [7, 11) is 3.66. The van der Waals surface area contributed by atoms with Gasteiger partial charge in [0.2, 0.25) is 0 Å². The molecule has 0 amide bonds. The van der Waals surface area contributed by atoms with E-state index in [2.05, 4.69) is 10.1 Å². The van der Waals surface area contributed by atoms with Crippen LogP contribution in [0.25, 0.3) is 0 Å². The summed E-state index contributed by atoms with van der Waals surface area (Å²) < 4.78 is 3.46. The van der Waals surface area contributed by atoms with Gasteiger partial charge in [-0.3, -0.25) is 9.48 Å². The largest absolute Gasteiger partial charge is 0.338 e. The molecule has 0 aromatic carbocycles. The Bertz CT molecular complexity index is 524. The molecule has 2 aromatic heterocycles. The lowest BCUT2D eigenvalue weighted by Crippen LogP contribution is -2.12. The summed E-state index contributed by atoms with van der Waals surface area (Å²) in [6, 6.07) is 1.80. The number of aryl methyl sites for hydroxylation is 3. The molecule has 2 aromatic rings. The highest BCUT2D eigenvalue weighted by molar-refractivity contribution is 5.95. The number of hydrogen-bond acceptors (Lipinski definition) is 3. The third-order valence-corrected chi connectivity index (χ3v) is 2.53. The van der Waals surface area contributed by atoms with Crippen LogP contribution >= 0.6 is 0 Å². The van der Waals surface area contributed by atoms with Gasteiger partial charge in [-0.1, -0.05) is 0 Å². The van der Waals surface area contributed by atoms with E-state index >= 15 is 0 Å². The highest BCUT2D eigenvalue weighted by atomic mass is 16.1. The molecule has 0 N–H and O–H groups in total. The number of carbonyl (C=O) groups is 1. The first-order valence-electron chi connectivity index (χ1n) is 5.08. The van der Waals surface area contributed by atoms with Gasteiger partial charge in [0, 0.05) is 26.5 Å². The Morgan fingerprint density at radius 1 is 1.44 bits per heavy atom. The van der Waals surface area contributed by atoms with Gasteiger partial charge in [-0.2, -0.15) is 5.10 Å². The van der Waals surface area contributed by atoms with Crippen molar-refractivity contribution < 1.29 is 4.79 Å². The van der Waals surface area contributed by atoms with E-state index in [9.17, 15) is 4.79 Å². The van der Waals surface area contributed by atoms with Crippen molar-refractivity contribution in [3.8, 4) is 0 Å². The highest BCUT2D eigenvalue weighted by Gasteiger charge is 2.14. The molecule has 16 heavy (non-hydrogen) atoms. The van der Waals surface area contributed by atoms with Crippen LogP contribution in [0.2, 0.25) is 0 Å². The second-order valence-electron chi connectivity index (χ2n) is 3.85. The molecular weight excluding hydrogens is 204 g/mol. The maximum absolute atomic E-state index is 12.0. The number of aromatic nitrogens is 4. The van der Waals surface area contributed by atoms with E-state index in [1.165, 1.54) is 0 Å². The summed E-state index contributed by atoms with van der Waals surface area (Å²) in [4.78, 5) is 16.1. The summed E-state index contributed by atoms with van der Waals surface area (Å²) in [6.07, 6.45) is 3.83.